The molecule has 4 heteroatoms. The quantitative estimate of drug-likeness (QED) is 0.742. The Labute approximate surface area is 95.0 Å². The Morgan fingerprint density at radius 2 is 2.19 bits per heavy atom. The van der Waals surface area contributed by atoms with E-state index in [1.807, 2.05) is 19.1 Å². The smallest absolute Gasteiger partial charge is 0.328 e. The number of aromatic nitrogens is 1. The maximum Gasteiger partial charge on any atom is 0.328 e. The molecule has 0 fully saturated rings. The van der Waals surface area contributed by atoms with Gasteiger partial charge in [-0.15, -0.1) is 0 Å². The summed E-state index contributed by atoms with van der Waals surface area (Å²) in [6.07, 6.45) is 4.70. The lowest BCUT2D eigenvalue weighted by molar-refractivity contribution is -0.131. The monoisotopic (exact) mass is 220 g/mol. The van der Waals surface area contributed by atoms with Gasteiger partial charge < -0.3 is 10.4 Å². The minimum atomic E-state index is -0.907. The van der Waals surface area contributed by atoms with Gasteiger partial charge in [0.05, 0.1) is 0 Å². The van der Waals surface area contributed by atoms with Crippen LogP contribution in [0.15, 0.2) is 36.2 Å². The van der Waals surface area contributed by atoms with Crippen LogP contribution in [-0.2, 0) is 4.79 Å². The van der Waals surface area contributed by atoms with E-state index in [-0.39, 0.29) is 6.04 Å². The van der Waals surface area contributed by atoms with Crippen molar-refractivity contribution in [2.45, 2.75) is 19.9 Å². The molecular formula is C12H16N2O2. The van der Waals surface area contributed by atoms with Crippen LogP contribution in [0.25, 0.3) is 0 Å². The maximum absolute atomic E-state index is 10.4. The fraction of sp³-hybridized carbons (Fsp3) is 0.333. The molecule has 0 aliphatic carbocycles. The highest BCUT2D eigenvalue weighted by Gasteiger charge is 2.04. The summed E-state index contributed by atoms with van der Waals surface area (Å²) in [7, 11) is 0. The molecule has 1 rings (SSSR count). The van der Waals surface area contributed by atoms with Crippen LogP contribution < -0.4 is 5.32 Å². The number of aliphatic carboxylic acids is 1. The minimum Gasteiger partial charge on any atom is -0.478 e. The molecule has 4 nitrogen and oxygen atoms in total. The number of carboxylic acids is 1. The summed E-state index contributed by atoms with van der Waals surface area (Å²) in [5, 5.41) is 11.8. The lowest BCUT2D eigenvalue weighted by Crippen LogP contribution is -2.20. The molecule has 2 N–H and O–H groups in total. The second kappa shape index (κ2) is 6.02. The van der Waals surface area contributed by atoms with E-state index in [9.17, 15) is 4.79 Å². The molecule has 0 radical (unpaired) electrons. The molecule has 0 aliphatic heterocycles. The Bertz CT molecular complexity index is 374. The summed E-state index contributed by atoms with van der Waals surface area (Å²) < 4.78 is 0. The summed E-state index contributed by atoms with van der Waals surface area (Å²) in [5.74, 6) is -0.907. The highest BCUT2D eigenvalue weighted by molar-refractivity contribution is 5.80. The van der Waals surface area contributed by atoms with Gasteiger partial charge in [-0.05, 0) is 31.5 Å². The molecule has 0 amide bonds. The van der Waals surface area contributed by atoms with Crippen molar-refractivity contribution in [3.05, 3.63) is 41.7 Å². The van der Waals surface area contributed by atoms with Crippen molar-refractivity contribution in [3.8, 4) is 0 Å². The molecule has 0 saturated carbocycles. The number of carbonyl (C=O) groups is 1. The molecule has 0 aliphatic rings. The van der Waals surface area contributed by atoms with Gasteiger partial charge in [0.25, 0.3) is 0 Å². The third kappa shape index (κ3) is 4.23. The third-order valence-electron chi connectivity index (χ3n) is 2.26. The minimum absolute atomic E-state index is 0.181. The average Bonchev–Trinajstić information content (AvgIpc) is 2.26. The molecule has 1 atom stereocenters. The topological polar surface area (TPSA) is 62.2 Å². The maximum atomic E-state index is 10.4. The molecular weight excluding hydrogens is 204 g/mol. The second-order valence-corrected chi connectivity index (χ2v) is 3.71. The summed E-state index contributed by atoms with van der Waals surface area (Å²) in [6, 6.07) is 4.06. The summed E-state index contributed by atoms with van der Waals surface area (Å²) in [5.41, 5.74) is 1.94. The summed E-state index contributed by atoms with van der Waals surface area (Å²) in [4.78, 5) is 14.4. The van der Waals surface area contributed by atoms with Crippen molar-refractivity contribution in [1.82, 2.24) is 10.3 Å². The van der Waals surface area contributed by atoms with Crippen molar-refractivity contribution >= 4 is 5.97 Å². The number of nitrogens with one attached hydrogen (secondary N) is 1. The molecule has 0 bridgehead atoms. The number of rotatable bonds is 5. The van der Waals surface area contributed by atoms with Gasteiger partial charge >= 0.3 is 5.97 Å². The first-order valence-corrected chi connectivity index (χ1v) is 5.13. The highest BCUT2D eigenvalue weighted by Crippen LogP contribution is 2.10. The first-order chi connectivity index (χ1) is 7.59. The van der Waals surface area contributed by atoms with Crippen molar-refractivity contribution in [3.63, 3.8) is 0 Å². The number of pyridine rings is 1. The lowest BCUT2D eigenvalue weighted by Gasteiger charge is -2.13. The predicted octanol–water partition coefficient (Wildman–Crippen LogP) is 1.76. The standard InChI is InChI=1S/C12H16N2O2/c1-9(7-12(15)16)8-14-10(2)11-3-5-13-6-4-11/h3-7,10,14H,8H2,1-2H3,(H,15,16)/b9-7+/t10-/m0/s1. The van der Waals surface area contributed by atoms with Crippen LogP contribution in [0, 0.1) is 0 Å². The normalized spacial score (nSPS) is 13.5. The van der Waals surface area contributed by atoms with E-state index >= 15 is 0 Å². The molecule has 1 aromatic heterocycles. The van der Waals surface area contributed by atoms with Gasteiger partial charge in [0, 0.05) is 31.1 Å². The van der Waals surface area contributed by atoms with Gasteiger partial charge in [-0.2, -0.15) is 0 Å². The Kier molecular flexibility index (Phi) is 4.66. The van der Waals surface area contributed by atoms with E-state index in [1.165, 1.54) is 6.08 Å². The molecule has 1 heterocycles. The van der Waals surface area contributed by atoms with Crippen LogP contribution in [0.3, 0.4) is 0 Å². The Morgan fingerprint density at radius 3 is 2.75 bits per heavy atom. The first-order valence-electron chi connectivity index (χ1n) is 5.13. The molecule has 16 heavy (non-hydrogen) atoms. The van der Waals surface area contributed by atoms with Crippen molar-refractivity contribution in [2.75, 3.05) is 6.54 Å². The molecule has 0 aromatic carbocycles. The largest absolute Gasteiger partial charge is 0.478 e. The van der Waals surface area contributed by atoms with Crippen molar-refractivity contribution in [1.29, 1.82) is 0 Å². The molecule has 0 saturated heterocycles. The number of hydrogen-bond acceptors (Lipinski definition) is 3. The van der Waals surface area contributed by atoms with Gasteiger partial charge in [-0.1, -0.05) is 5.57 Å². The number of hydrogen-bond donors (Lipinski definition) is 2. The molecule has 0 unspecified atom stereocenters. The summed E-state index contributed by atoms with van der Waals surface area (Å²) >= 11 is 0. The van der Waals surface area contributed by atoms with Crippen molar-refractivity contribution in [2.24, 2.45) is 0 Å². The number of carboxylic acid groups (broad SMARTS) is 1. The zero-order chi connectivity index (χ0) is 12.0. The van der Waals surface area contributed by atoms with E-state index < -0.39 is 5.97 Å². The third-order valence-corrected chi connectivity index (χ3v) is 2.26. The van der Waals surface area contributed by atoms with Gasteiger partial charge in [-0.3, -0.25) is 4.98 Å². The van der Waals surface area contributed by atoms with Crippen molar-refractivity contribution < 1.29 is 9.90 Å². The molecule has 0 spiro atoms. The van der Waals surface area contributed by atoms with E-state index in [4.69, 9.17) is 5.11 Å². The average molecular weight is 220 g/mol. The summed E-state index contributed by atoms with van der Waals surface area (Å²) in [6.45, 7) is 4.39. The molecule has 86 valence electrons. The SMILES string of the molecule is C/C(=C\C(=O)O)CN[C@@H](C)c1ccncc1. The number of nitrogens with zero attached hydrogens (tertiary/aromatic N) is 1. The van der Waals surface area contributed by atoms with E-state index in [2.05, 4.69) is 10.3 Å². The lowest BCUT2D eigenvalue weighted by atomic mass is 10.1. The van der Waals surface area contributed by atoms with Crippen LogP contribution >= 0.6 is 0 Å². The van der Waals surface area contributed by atoms with E-state index in [1.54, 1.807) is 19.3 Å². The van der Waals surface area contributed by atoms with Gasteiger partial charge in [0.2, 0.25) is 0 Å². The van der Waals surface area contributed by atoms with Crippen LogP contribution in [0.4, 0.5) is 0 Å². The van der Waals surface area contributed by atoms with Gasteiger partial charge in [0.15, 0.2) is 0 Å². The van der Waals surface area contributed by atoms with E-state index in [0.717, 1.165) is 11.1 Å². The highest BCUT2D eigenvalue weighted by atomic mass is 16.4. The van der Waals surface area contributed by atoms with Gasteiger partial charge in [0.1, 0.15) is 0 Å². The Hall–Kier alpha value is -1.68. The fourth-order valence-corrected chi connectivity index (χ4v) is 1.35. The van der Waals surface area contributed by atoms with Crippen LogP contribution in [0.5, 0.6) is 0 Å². The molecule has 1 aromatic rings. The first kappa shape index (κ1) is 12.4. The Morgan fingerprint density at radius 1 is 1.56 bits per heavy atom. The van der Waals surface area contributed by atoms with E-state index in [0.29, 0.717) is 6.54 Å². The van der Waals surface area contributed by atoms with Gasteiger partial charge in [-0.25, -0.2) is 4.79 Å². The van der Waals surface area contributed by atoms with Crippen LogP contribution in [0.1, 0.15) is 25.5 Å². The van der Waals surface area contributed by atoms with Crippen LogP contribution in [0.2, 0.25) is 0 Å². The second-order valence-electron chi connectivity index (χ2n) is 3.71. The zero-order valence-electron chi connectivity index (χ0n) is 9.47. The fourth-order valence-electron chi connectivity index (χ4n) is 1.35. The predicted molar refractivity (Wildman–Crippen MR) is 62.0 cm³/mol. The Balaban J connectivity index is 2.48. The zero-order valence-corrected chi connectivity index (χ0v) is 9.47. The van der Waals surface area contributed by atoms with Crippen LogP contribution in [-0.4, -0.2) is 22.6 Å².